The molecule has 1 fully saturated rings. The van der Waals surface area contributed by atoms with E-state index in [9.17, 15) is 23.2 Å². The van der Waals surface area contributed by atoms with E-state index in [4.69, 9.17) is 9.15 Å². The van der Waals surface area contributed by atoms with Gasteiger partial charge in [-0.2, -0.15) is 0 Å². The SMILES string of the molecule is CC1(NC(=O)C2COc3ccc(F)cc3C2)CN(C(=O)c2cc(=O)c3cc(F)ccc3o2)C1. The van der Waals surface area contributed by atoms with Gasteiger partial charge in [0.05, 0.1) is 16.8 Å². The first-order valence-electron chi connectivity index (χ1n) is 10.5. The van der Waals surface area contributed by atoms with Gasteiger partial charge in [-0.25, -0.2) is 8.78 Å². The highest BCUT2D eigenvalue weighted by Crippen LogP contribution is 2.29. The second kappa shape index (κ2) is 7.68. The molecule has 2 aromatic carbocycles. The van der Waals surface area contributed by atoms with E-state index in [2.05, 4.69) is 5.32 Å². The van der Waals surface area contributed by atoms with Crippen molar-refractivity contribution in [3.05, 3.63) is 75.6 Å². The summed E-state index contributed by atoms with van der Waals surface area (Å²) in [4.78, 5) is 39.3. The van der Waals surface area contributed by atoms with Gasteiger partial charge in [-0.1, -0.05) is 0 Å². The van der Waals surface area contributed by atoms with Crippen LogP contribution in [0, 0.1) is 17.6 Å². The first-order chi connectivity index (χ1) is 15.7. The van der Waals surface area contributed by atoms with Gasteiger partial charge in [0.1, 0.15) is 29.6 Å². The molecule has 5 rings (SSSR count). The molecule has 2 aliphatic rings. The van der Waals surface area contributed by atoms with Gasteiger partial charge < -0.3 is 19.4 Å². The molecule has 7 nitrogen and oxygen atoms in total. The molecule has 2 amide bonds. The Kier molecular flexibility index (Phi) is 4.92. The van der Waals surface area contributed by atoms with E-state index in [1.165, 1.54) is 23.1 Å². The number of carbonyl (C=O) groups is 2. The smallest absolute Gasteiger partial charge is 0.289 e. The zero-order chi connectivity index (χ0) is 23.3. The minimum Gasteiger partial charge on any atom is -0.492 e. The molecule has 33 heavy (non-hydrogen) atoms. The number of nitrogens with zero attached hydrogens (tertiary/aromatic N) is 1. The van der Waals surface area contributed by atoms with Gasteiger partial charge in [0.2, 0.25) is 5.91 Å². The molecule has 170 valence electrons. The number of likely N-dealkylation sites (tertiary alicyclic amines) is 1. The van der Waals surface area contributed by atoms with Crippen molar-refractivity contribution >= 4 is 22.8 Å². The molecule has 3 aromatic rings. The average molecular weight is 454 g/mol. The van der Waals surface area contributed by atoms with Crippen LogP contribution in [0.3, 0.4) is 0 Å². The fraction of sp³-hybridized carbons (Fsp3) is 0.292. The van der Waals surface area contributed by atoms with Gasteiger partial charge in [-0.3, -0.25) is 14.4 Å². The molecular weight excluding hydrogens is 434 g/mol. The lowest BCUT2D eigenvalue weighted by atomic mass is 9.89. The maximum absolute atomic E-state index is 13.5. The Labute approximate surface area is 186 Å². The van der Waals surface area contributed by atoms with Crippen LogP contribution >= 0.6 is 0 Å². The first-order valence-corrected chi connectivity index (χ1v) is 10.5. The largest absolute Gasteiger partial charge is 0.492 e. The van der Waals surface area contributed by atoms with Crippen LogP contribution < -0.4 is 15.5 Å². The van der Waals surface area contributed by atoms with E-state index < -0.39 is 28.6 Å². The fourth-order valence-electron chi connectivity index (χ4n) is 4.34. The topological polar surface area (TPSA) is 88.9 Å². The van der Waals surface area contributed by atoms with Crippen molar-refractivity contribution in [1.82, 2.24) is 10.2 Å². The monoisotopic (exact) mass is 454 g/mol. The van der Waals surface area contributed by atoms with Gasteiger partial charge in [0.25, 0.3) is 5.91 Å². The van der Waals surface area contributed by atoms with E-state index in [0.717, 1.165) is 18.2 Å². The summed E-state index contributed by atoms with van der Waals surface area (Å²) in [6.45, 7) is 2.44. The normalized spacial score (nSPS) is 18.8. The number of fused-ring (bicyclic) bond motifs is 2. The molecule has 1 atom stereocenters. The fourth-order valence-corrected chi connectivity index (χ4v) is 4.34. The van der Waals surface area contributed by atoms with Crippen LogP contribution in [0.1, 0.15) is 23.0 Å². The predicted molar refractivity (Wildman–Crippen MR) is 114 cm³/mol. The van der Waals surface area contributed by atoms with Gasteiger partial charge in [0.15, 0.2) is 11.2 Å². The molecule has 0 aliphatic carbocycles. The lowest BCUT2D eigenvalue weighted by Crippen LogP contribution is -2.70. The molecule has 0 saturated carbocycles. The Morgan fingerprint density at radius 1 is 1.09 bits per heavy atom. The molecule has 0 spiro atoms. The van der Waals surface area contributed by atoms with Crippen LogP contribution in [0.2, 0.25) is 0 Å². The second-order valence-corrected chi connectivity index (χ2v) is 8.79. The summed E-state index contributed by atoms with van der Waals surface area (Å²) in [5.74, 6) is -1.73. The molecule has 1 N–H and O–H groups in total. The molecule has 0 radical (unpaired) electrons. The van der Waals surface area contributed by atoms with Crippen LogP contribution in [-0.2, 0) is 11.2 Å². The van der Waals surface area contributed by atoms with Crippen molar-refractivity contribution in [2.24, 2.45) is 5.92 Å². The zero-order valence-corrected chi connectivity index (χ0v) is 17.7. The third-order valence-corrected chi connectivity index (χ3v) is 5.99. The molecule has 1 unspecified atom stereocenters. The first kappa shape index (κ1) is 21.1. The number of benzene rings is 2. The highest BCUT2D eigenvalue weighted by atomic mass is 19.1. The summed E-state index contributed by atoms with van der Waals surface area (Å²) >= 11 is 0. The molecule has 2 aliphatic heterocycles. The van der Waals surface area contributed by atoms with E-state index >= 15 is 0 Å². The number of hydrogen-bond acceptors (Lipinski definition) is 5. The number of rotatable bonds is 3. The maximum Gasteiger partial charge on any atom is 0.289 e. The molecule has 0 bridgehead atoms. The molecule has 9 heteroatoms. The van der Waals surface area contributed by atoms with Crippen LogP contribution in [0.25, 0.3) is 11.0 Å². The van der Waals surface area contributed by atoms with Crippen LogP contribution in [0.5, 0.6) is 5.75 Å². The van der Waals surface area contributed by atoms with Crippen molar-refractivity contribution in [2.45, 2.75) is 18.9 Å². The van der Waals surface area contributed by atoms with E-state index in [1.54, 1.807) is 6.07 Å². The Morgan fingerprint density at radius 2 is 1.82 bits per heavy atom. The van der Waals surface area contributed by atoms with Crippen molar-refractivity contribution in [3.63, 3.8) is 0 Å². The quantitative estimate of drug-likeness (QED) is 0.658. The van der Waals surface area contributed by atoms with Crippen molar-refractivity contribution in [2.75, 3.05) is 19.7 Å². The Hall–Kier alpha value is -3.75. The second-order valence-electron chi connectivity index (χ2n) is 8.79. The lowest BCUT2D eigenvalue weighted by molar-refractivity contribution is -0.130. The van der Waals surface area contributed by atoms with Crippen molar-refractivity contribution < 1.29 is 27.5 Å². The van der Waals surface area contributed by atoms with E-state index in [0.29, 0.717) is 17.7 Å². The summed E-state index contributed by atoms with van der Waals surface area (Å²) in [7, 11) is 0. The number of halogens is 2. The third-order valence-electron chi connectivity index (χ3n) is 5.99. The van der Waals surface area contributed by atoms with Crippen molar-refractivity contribution in [1.29, 1.82) is 0 Å². The lowest BCUT2D eigenvalue weighted by Gasteiger charge is -2.48. The number of nitrogens with one attached hydrogen (secondary N) is 1. The summed E-state index contributed by atoms with van der Waals surface area (Å²) in [5, 5.41) is 3.01. The van der Waals surface area contributed by atoms with Crippen LogP contribution in [0.15, 0.2) is 51.7 Å². The van der Waals surface area contributed by atoms with Crippen molar-refractivity contribution in [3.8, 4) is 5.75 Å². The third kappa shape index (κ3) is 3.94. The minimum absolute atomic E-state index is 0.0587. The van der Waals surface area contributed by atoms with Gasteiger partial charge in [-0.05, 0) is 55.3 Å². The Bertz CT molecular complexity index is 1350. The zero-order valence-electron chi connectivity index (χ0n) is 17.7. The number of hydrogen-bond donors (Lipinski definition) is 1. The van der Waals surface area contributed by atoms with Gasteiger partial charge in [-0.15, -0.1) is 0 Å². The Morgan fingerprint density at radius 3 is 2.61 bits per heavy atom. The molecular formula is C24H20F2N2O5. The summed E-state index contributed by atoms with van der Waals surface area (Å²) in [6, 6.07) is 8.80. The summed E-state index contributed by atoms with van der Waals surface area (Å²) in [5.41, 5.74) is -0.402. The molecule has 1 saturated heterocycles. The molecule has 1 aromatic heterocycles. The van der Waals surface area contributed by atoms with E-state index in [-0.39, 0.29) is 48.2 Å². The number of amides is 2. The van der Waals surface area contributed by atoms with Crippen LogP contribution in [0.4, 0.5) is 8.78 Å². The summed E-state index contributed by atoms with van der Waals surface area (Å²) in [6.07, 6.45) is 0.362. The van der Waals surface area contributed by atoms with Gasteiger partial charge >= 0.3 is 0 Å². The van der Waals surface area contributed by atoms with E-state index in [1.807, 2.05) is 6.92 Å². The molecule has 3 heterocycles. The highest BCUT2D eigenvalue weighted by Gasteiger charge is 2.44. The number of carbonyl (C=O) groups excluding carboxylic acids is 2. The number of ether oxygens (including phenoxy) is 1. The minimum atomic E-state index is -0.658. The highest BCUT2D eigenvalue weighted by molar-refractivity contribution is 5.94. The average Bonchev–Trinajstić information content (AvgIpc) is 2.76. The standard InChI is InChI=1S/C24H20F2N2O5/c1-24(27-22(30)14-6-13-7-15(25)2-4-19(13)32-10-14)11-28(12-24)23(31)21-9-18(29)17-8-16(26)3-5-20(17)33-21/h2-5,7-9,14H,6,10-12H2,1H3,(H,27,30). The van der Waals surface area contributed by atoms with Gasteiger partial charge in [0, 0.05) is 19.2 Å². The maximum atomic E-state index is 13.5. The predicted octanol–water partition coefficient (Wildman–Crippen LogP) is 2.65. The van der Waals surface area contributed by atoms with Crippen LogP contribution in [-0.4, -0.2) is 41.9 Å². The summed E-state index contributed by atoms with van der Waals surface area (Å²) < 4.78 is 38.0. The Balaban J connectivity index is 1.23.